The summed E-state index contributed by atoms with van der Waals surface area (Å²) in [6.45, 7) is 2.00. The zero-order chi connectivity index (χ0) is 15.4. The van der Waals surface area contributed by atoms with Gasteiger partial charge in [-0.25, -0.2) is 0 Å². The van der Waals surface area contributed by atoms with Crippen LogP contribution in [0.15, 0.2) is 42.5 Å². The predicted octanol–water partition coefficient (Wildman–Crippen LogP) is 2.61. The fourth-order valence-corrected chi connectivity index (χ4v) is 1.93. The Labute approximate surface area is 121 Å². The summed E-state index contributed by atoms with van der Waals surface area (Å²) in [6, 6.07) is 11.5. The largest absolute Gasteiger partial charge is 0.326 e. The van der Waals surface area contributed by atoms with E-state index in [4.69, 9.17) is 5.73 Å². The van der Waals surface area contributed by atoms with E-state index in [1.807, 2.05) is 6.07 Å². The van der Waals surface area contributed by atoms with Crippen LogP contribution in [0.5, 0.6) is 0 Å². The molecular formula is C15H15N3O3. The van der Waals surface area contributed by atoms with E-state index in [2.05, 4.69) is 5.32 Å². The smallest absolute Gasteiger partial charge is 0.273 e. The third-order valence-corrected chi connectivity index (χ3v) is 3.09. The lowest BCUT2D eigenvalue weighted by molar-refractivity contribution is -0.385. The molecule has 0 fully saturated rings. The molecule has 21 heavy (non-hydrogen) atoms. The number of amides is 1. The van der Waals surface area contributed by atoms with E-state index in [0.717, 1.165) is 5.56 Å². The summed E-state index contributed by atoms with van der Waals surface area (Å²) in [6.07, 6.45) is 0. The zero-order valence-electron chi connectivity index (χ0n) is 11.5. The summed E-state index contributed by atoms with van der Waals surface area (Å²) in [5, 5.41) is 13.6. The van der Waals surface area contributed by atoms with E-state index in [0.29, 0.717) is 17.8 Å². The number of nitrogens with two attached hydrogens (primary N) is 1. The van der Waals surface area contributed by atoms with Gasteiger partial charge in [-0.2, -0.15) is 0 Å². The van der Waals surface area contributed by atoms with Gasteiger partial charge in [0.2, 0.25) is 0 Å². The number of anilines is 1. The van der Waals surface area contributed by atoms with Crippen molar-refractivity contribution < 1.29 is 9.72 Å². The van der Waals surface area contributed by atoms with E-state index in [1.165, 1.54) is 6.07 Å². The Morgan fingerprint density at radius 1 is 1.29 bits per heavy atom. The first-order valence-electron chi connectivity index (χ1n) is 6.36. The Hall–Kier alpha value is -2.73. The van der Waals surface area contributed by atoms with Crippen LogP contribution < -0.4 is 11.1 Å². The van der Waals surface area contributed by atoms with Gasteiger partial charge in [0.15, 0.2) is 0 Å². The second-order valence-electron chi connectivity index (χ2n) is 4.62. The van der Waals surface area contributed by atoms with Crippen molar-refractivity contribution >= 4 is 17.3 Å². The van der Waals surface area contributed by atoms with Crippen LogP contribution in [0.25, 0.3) is 0 Å². The van der Waals surface area contributed by atoms with Crippen LogP contribution in [0, 0.1) is 17.0 Å². The van der Waals surface area contributed by atoms with Crippen molar-refractivity contribution in [2.45, 2.75) is 13.5 Å². The maximum Gasteiger partial charge on any atom is 0.273 e. The van der Waals surface area contributed by atoms with Gasteiger partial charge in [-0.1, -0.05) is 18.2 Å². The maximum absolute atomic E-state index is 12.1. The highest BCUT2D eigenvalue weighted by atomic mass is 16.6. The van der Waals surface area contributed by atoms with Gasteiger partial charge >= 0.3 is 0 Å². The summed E-state index contributed by atoms with van der Waals surface area (Å²) in [7, 11) is 0. The highest BCUT2D eigenvalue weighted by Gasteiger charge is 2.15. The van der Waals surface area contributed by atoms with Crippen molar-refractivity contribution in [1.82, 2.24) is 0 Å². The van der Waals surface area contributed by atoms with Gasteiger partial charge < -0.3 is 11.1 Å². The maximum atomic E-state index is 12.1. The third-order valence-electron chi connectivity index (χ3n) is 3.09. The molecule has 6 heteroatoms. The van der Waals surface area contributed by atoms with Crippen LogP contribution in [-0.2, 0) is 6.54 Å². The molecule has 2 rings (SSSR count). The van der Waals surface area contributed by atoms with Crippen molar-refractivity contribution in [3.8, 4) is 0 Å². The number of nitro groups is 1. The number of aryl methyl sites for hydroxylation is 1. The SMILES string of the molecule is Cc1ccc(C(=O)Nc2cccc(CN)c2)cc1[N+](=O)[O-]. The zero-order valence-corrected chi connectivity index (χ0v) is 11.5. The second-order valence-corrected chi connectivity index (χ2v) is 4.62. The molecule has 1 amide bonds. The number of hydrogen-bond donors (Lipinski definition) is 2. The molecule has 0 saturated carbocycles. The minimum absolute atomic E-state index is 0.0710. The molecule has 2 aromatic rings. The number of carbonyl (C=O) groups is 1. The number of nitrogens with one attached hydrogen (secondary N) is 1. The highest BCUT2D eigenvalue weighted by molar-refractivity contribution is 6.04. The molecule has 0 aliphatic rings. The summed E-state index contributed by atoms with van der Waals surface area (Å²) < 4.78 is 0. The van der Waals surface area contributed by atoms with Crippen molar-refractivity contribution in [3.05, 3.63) is 69.3 Å². The van der Waals surface area contributed by atoms with Crippen molar-refractivity contribution in [2.75, 3.05) is 5.32 Å². The van der Waals surface area contributed by atoms with Crippen molar-refractivity contribution in [3.63, 3.8) is 0 Å². The van der Waals surface area contributed by atoms with Gasteiger partial charge in [0.05, 0.1) is 4.92 Å². The van der Waals surface area contributed by atoms with E-state index in [1.54, 1.807) is 37.3 Å². The van der Waals surface area contributed by atoms with Crippen LogP contribution in [0.2, 0.25) is 0 Å². The first-order valence-corrected chi connectivity index (χ1v) is 6.36. The first-order chi connectivity index (χ1) is 10.0. The summed E-state index contributed by atoms with van der Waals surface area (Å²) in [4.78, 5) is 22.5. The molecule has 0 radical (unpaired) electrons. The molecule has 0 atom stereocenters. The summed E-state index contributed by atoms with van der Waals surface area (Å²) in [5.74, 6) is -0.396. The Morgan fingerprint density at radius 3 is 2.71 bits per heavy atom. The lowest BCUT2D eigenvalue weighted by atomic mass is 10.1. The molecule has 0 unspecified atom stereocenters. The van der Waals surface area contributed by atoms with Gasteiger partial charge in [-0.15, -0.1) is 0 Å². The Kier molecular flexibility index (Phi) is 4.30. The van der Waals surface area contributed by atoms with Crippen molar-refractivity contribution in [2.24, 2.45) is 5.73 Å². The number of benzene rings is 2. The van der Waals surface area contributed by atoms with Gasteiger partial charge in [-0.3, -0.25) is 14.9 Å². The van der Waals surface area contributed by atoms with Crippen LogP contribution in [0.3, 0.4) is 0 Å². The topological polar surface area (TPSA) is 98.3 Å². The average molecular weight is 285 g/mol. The quantitative estimate of drug-likeness (QED) is 0.666. The minimum Gasteiger partial charge on any atom is -0.326 e. The normalized spacial score (nSPS) is 10.2. The predicted molar refractivity (Wildman–Crippen MR) is 80.1 cm³/mol. The number of hydrogen-bond acceptors (Lipinski definition) is 4. The van der Waals surface area contributed by atoms with Gasteiger partial charge in [0, 0.05) is 29.4 Å². The van der Waals surface area contributed by atoms with Crippen LogP contribution in [-0.4, -0.2) is 10.8 Å². The van der Waals surface area contributed by atoms with Gasteiger partial charge in [0.1, 0.15) is 0 Å². The molecule has 108 valence electrons. The molecule has 0 aromatic heterocycles. The van der Waals surface area contributed by atoms with Crippen LogP contribution in [0.4, 0.5) is 11.4 Å². The van der Waals surface area contributed by atoms with Crippen LogP contribution >= 0.6 is 0 Å². The minimum atomic E-state index is -0.499. The molecule has 3 N–H and O–H groups in total. The van der Waals surface area contributed by atoms with E-state index >= 15 is 0 Å². The monoisotopic (exact) mass is 285 g/mol. The fourth-order valence-electron chi connectivity index (χ4n) is 1.93. The fraction of sp³-hybridized carbons (Fsp3) is 0.133. The number of nitro benzene ring substituents is 1. The lowest BCUT2D eigenvalue weighted by Crippen LogP contribution is -2.12. The number of rotatable bonds is 4. The molecule has 0 saturated heterocycles. The molecule has 0 spiro atoms. The number of carbonyl (C=O) groups excluding carboxylic acids is 1. The lowest BCUT2D eigenvalue weighted by Gasteiger charge is -2.07. The molecule has 0 bridgehead atoms. The number of nitrogens with zero attached hydrogens (tertiary/aromatic N) is 1. The Morgan fingerprint density at radius 2 is 2.05 bits per heavy atom. The first kappa shape index (κ1) is 14.7. The van der Waals surface area contributed by atoms with Crippen molar-refractivity contribution in [1.29, 1.82) is 0 Å². The summed E-state index contributed by atoms with van der Waals surface area (Å²) >= 11 is 0. The summed E-state index contributed by atoms with van der Waals surface area (Å²) in [5.41, 5.74) is 7.72. The average Bonchev–Trinajstić information content (AvgIpc) is 2.47. The highest BCUT2D eigenvalue weighted by Crippen LogP contribution is 2.20. The van der Waals surface area contributed by atoms with Gasteiger partial charge in [0.25, 0.3) is 11.6 Å². The van der Waals surface area contributed by atoms with E-state index in [9.17, 15) is 14.9 Å². The van der Waals surface area contributed by atoms with E-state index < -0.39 is 10.8 Å². The molecule has 0 heterocycles. The third kappa shape index (κ3) is 3.43. The molecule has 2 aromatic carbocycles. The second kappa shape index (κ2) is 6.15. The van der Waals surface area contributed by atoms with Crippen LogP contribution in [0.1, 0.15) is 21.5 Å². The molecule has 0 aliphatic carbocycles. The molecule has 0 aliphatic heterocycles. The molecular weight excluding hydrogens is 270 g/mol. The molecule has 6 nitrogen and oxygen atoms in total. The van der Waals surface area contributed by atoms with E-state index in [-0.39, 0.29) is 11.3 Å². The standard InChI is InChI=1S/C15H15N3O3/c1-10-5-6-12(8-14(10)18(20)21)15(19)17-13-4-2-3-11(7-13)9-16/h2-8H,9,16H2,1H3,(H,17,19). The Bertz CT molecular complexity index is 698. The Balaban J connectivity index is 2.24. The van der Waals surface area contributed by atoms with Gasteiger partial charge in [-0.05, 0) is 30.7 Å².